The lowest BCUT2D eigenvalue weighted by Crippen LogP contribution is -2.46. The summed E-state index contributed by atoms with van der Waals surface area (Å²) < 4.78 is 12.6. The second-order valence-corrected chi connectivity index (χ2v) is 8.61. The van der Waals surface area contributed by atoms with E-state index in [9.17, 15) is 9.59 Å². The van der Waals surface area contributed by atoms with Gasteiger partial charge >= 0.3 is 0 Å². The van der Waals surface area contributed by atoms with Gasteiger partial charge in [0, 0.05) is 51.8 Å². The van der Waals surface area contributed by atoms with Crippen LogP contribution in [0.1, 0.15) is 26.2 Å². The van der Waals surface area contributed by atoms with Gasteiger partial charge in [-0.25, -0.2) is 0 Å². The molecule has 1 saturated heterocycles. The van der Waals surface area contributed by atoms with Crippen LogP contribution in [-0.2, 0) is 11.3 Å². The standard InChI is InChI=1S/C22H31N5O4S/c1-2-25-9-11-26(12-10-25)7-4-6-23-20(28)5-3-8-27-21(29)16-13-18-19(31-15-30-18)14-17(16)24-22(27)32/h13-14H,2-12,15H2,1H3,(H,23,28)(H,24,32). The molecule has 1 amide bonds. The molecule has 4 rings (SSSR count). The van der Waals surface area contributed by atoms with Crippen molar-refractivity contribution in [1.29, 1.82) is 0 Å². The lowest BCUT2D eigenvalue weighted by atomic mass is 10.2. The van der Waals surface area contributed by atoms with Crippen molar-refractivity contribution in [2.24, 2.45) is 0 Å². The summed E-state index contributed by atoms with van der Waals surface area (Å²) in [6.07, 6.45) is 1.84. The summed E-state index contributed by atoms with van der Waals surface area (Å²) in [5.41, 5.74) is 0.431. The van der Waals surface area contributed by atoms with Crippen LogP contribution in [0.25, 0.3) is 10.9 Å². The molecule has 10 heteroatoms. The van der Waals surface area contributed by atoms with Crippen LogP contribution in [0.5, 0.6) is 11.5 Å². The molecule has 2 N–H and O–H groups in total. The number of aromatic nitrogens is 2. The van der Waals surface area contributed by atoms with Crippen LogP contribution in [0.2, 0.25) is 0 Å². The van der Waals surface area contributed by atoms with E-state index in [2.05, 4.69) is 27.0 Å². The third-order valence-electron chi connectivity index (χ3n) is 6.15. The Morgan fingerprint density at radius 2 is 1.81 bits per heavy atom. The van der Waals surface area contributed by atoms with Gasteiger partial charge in [-0.15, -0.1) is 0 Å². The number of amides is 1. The van der Waals surface area contributed by atoms with Crippen molar-refractivity contribution in [2.45, 2.75) is 32.7 Å². The molecular formula is C22H31N5O4S. The van der Waals surface area contributed by atoms with Crippen LogP contribution in [0.4, 0.5) is 0 Å². The van der Waals surface area contributed by atoms with E-state index in [0.717, 1.165) is 45.7 Å². The predicted molar refractivity (Wildman–Crippen MR) is 125 cm³/mol. The van der Waals surface area contributed by atoms with Gasteiger partial charge in [-0.2, -0.15) is 0 Å². The van der Waals surface area contributed by atoms with Crippen LogP contribution >= 0.6 is 12.2 Å². The first-order chi connectivity index (χ1) is 15.5. The van der Waals surface area contributed by atoms with Crippen molar-refractivity contribution >= 4 is 29.0 Å². The number of carbonyl (C=O) groups is 1. The summed E-state index contributed by atoms with van der Waals surface area (Å²) in [5.74, 6) is 1.16. The molecule has 0 bridgehead atoms. The minimum absolute atomic E-state index is 0.00732. The van der Waals surface area contributed by atoms with E-state index in [1.807, 2.05) is 0 Å². The highest BCUT2D eigenvalue weighted by molar-refractivity contribution is 7.71. The molecule has 1 aromatic heterocycles. The fourth-order valence-corrected chi connectivity index (χ4v) is 4.48. The smallest absolute Gasteiger partial charge is 0.262 e. The second-order valence-electron chi connectivity index (χ2n) is 8.22. The number of likely N-dealkylation sites (N-methyl/N-ethyl adjacent to an activating group) is 1. The van der Waals surface area contributed by atoms with E-state index >= 15 is 0 Å². The first kappa shape index (κ1) is 22.8. The number of hydrogen-bond acceptors (Lipinski definition) is 7. The summed E-state index contributed by atoms with van der Waals surface area (Å²) in [5, 5.41) is 3.48. The molecule has 9 nitrogen and oxygen atoms in total. The molecule has 0 spiro atoms. The Hall–Kier alpha value is -2.43. The number of carbonyl (C=O) groups excluding carboxylic acids is 1. The number of H-pyrrole nitrogens is 1. The van der Waals surface area contributed by atoms with Gasteiger partial charge in [0.25, 0.3) is 5.56 Å². The fraction of sp³-hybridized carbons (Fsp3) is 0.591. The minimum atomic E-state index is -0.189. The van der Waals surface area contributed by atoms with Crippen molar-refractivity contribution in [1.82, 2.24) is 24.7 Å². The largest absolute Gasteiger partial charge is 0.454 e. The molecule has 2 aromatic rings. The monoisotopic (exact) mass is 461 g/mol. The van der Waals surface area contributed by atoms with Gasteiger partial charge in [-0.1, -0.05) is 6.92 Å². The van der Waals surface area contributed by atoms with E-state index in [1.165, 1.54) is 4.57 Å². The summed E-state index contributed by atoms with van der Waals surface area (Å²) in [4.78, 5) is 33.1. The zero-order chi connectivity index (χ0) is 22.5. The van der Waals surface area contributed by atoms with Crippen LogP contribution in [0.3, 0.4) is 0 Å². The van der Waals surface area contributed by atoms with E-state index in [1.54, 1.807) is 12.1 Å². The number of hydrogen-bond donors (Lipinski definition) is 2. The maximum absolute atomic E-state index is 12.9. The molecule has 0 radical (unpaired) electrons. The SMILES string of the molecule is CCN1CCN(CCCNC(=O)CCCn2c(=S)[nH]c3cc4c(cc3c2=O)OCO4)CC1. The molecule has 0 aliphatic carbocycles. The van der Waals surface area contributed by atoms with Crippen molar-refractivity contribution in [3.05, 3.63) is 27.3 Å². The number of nitrogens with zero attached hydrogens (tertiary/aromatic N) is 3. The highest BCUT2D eigenvalue weighted by Gasteiger charge is 2.17. The van der Waals surface area contributed by atoms with Crippen LogP contribution in [0.15, 0.2) is 16.9 Å². The Balaban J connectivity index is 1.22. The third-order valence-corrected chi connectivity index (χ3v) is 6.47. The lowest BCUT2D eigenvalue weighted by molar-refractivity contribution is -0.121. The van der Waals surface area contributed by atoms with E-state index < -0.39 is 0 Å². The Bertz CT molecular complexity index is 1070. The van der Waals surface area contributed by atoms with Crippen molar-refractivity contribution < 1.29 is 14.3 Å². The molecular weight excluding hydrogens is 430 g/mol. The van der Waals surface area contributed by atoms with E-state index in [-0.39, 0.29) is 18.3 Å². The average molecular weight is 462 g/mol. The molecule has 0 unspecified atom stereocenters. The highest BCUT2D eigenvalue weighted by Crippen LogP contribution is 2.34. The van der Waals surface area contributed by atoms with Crippen LogP contribution in [-0.4, -0.2) is 77.9 Å². The van der Waals surface area contributed by atoms with Crippen molar-refractivity contribution in [2.75, 3.05) is 52.6 Å². The van der Waals surface area contributed by atoms with Gasteiger partial charge in [-0.05, 0) is 44.2 Å². The Kier molecular flexibility index (Phi) is 7.44. The Labute approximate surface area is 192 Å². The van der Waals surface area contributed by atoms with Gasteiger partial charge in [0.2, 0.25) is 12.7 Å². The number of ether oxygens (including phenoxy) is 2. The molecule has 32 heavy (non-hydrogen) atoms. The molecule has 174 valence electrons. The number of rotatable bonds is 9. The molecule has 3 heterocycles. The van der Waals surface area contributed by atoms with Gasteiger partial charge in [0.1, 0.15) is 0 Å². The molecule has 0 atom stereocenters. The number of nitrogens with one attached hydrogen (secondary N) is 2. The third kappa shape index (κ3) is 5.31. The topological polar surface area (TPSA) is 91.8 Å². The fourth-order valence-electron chi connectivity index (χ4n) is 4.19. The number of fused-ring (bicyclic) bond motifs is 2. The zero-order valence-electron chi connectivity index (χ0n) is 18.5. The Morgan fingerprint density at radius 1 is 1.09 bits per heavy atom. The van der Waals surface area contributed by atoms with Gasteiger partial charge in [-0.3, -0.25) is 14.2 Å². The summed E-state index contributed by atoms with van der Waals surface area (Å²) in [7, 11) is 0. The molecule has 2 aliphatic heterocycles. The number of benzene rings is 1. The molecule has 1 fully saturated rings. The van der Waals surface area contributed by atoms with Crippen LogP contribution < -0.4 is 20.3 Å². The summed E-state index contributed by atoms with van der Waals surface area (Å²) in [6, 6.07) is 3.41. The molecule has 0 saturated carbocycles. The summed E-state index contributed by atoms with van der Waals surface area (Å²) in [6.45, 7) is 9.99. The summed E-state index contributed by atoms with van der Waals surface area (Å²) >= 11 is 5.36. The predicted octanol–water partition coefficient (Wildman–Crippen LogP) is 1.71. The zero-order valence-corrected chi connectivity index (χ0v) is 19.3. The van der Waals surface area contributed by atoms with Gasteiger partial charge < -0.3 is 29.6 Å². The maximum Gasteiger partial charge on any atom is 0.262 e. The van der Waals surface area contributed by atoms with Crippen molar-refractivity contribution in [3.63, 3.8) is 0 Å². The maximum atomic E-state index is 12.9. The molecule has 2 aliphatic rings. The lowest BCUT2D eigenvalue weighted by Gasteiger charge is -2.33. The van der Waals surface area contributed by atoms with Crippen molar-refractivity contribution in [3.8, 4) is 11.5 Å². The second kappa shape index (κ2) is 10.5. The minimum Gasteiger partial charge on any atom is -0.454 e. The number of piperazine rings is 1. The van der Waals surface area contributed by atoms with Gasteiger partial charge in [0.15, 0.2) is 16.3 Å². The molecule has 1 aromatic carbocycles. The Morgan fingerprint density at radius 3 is 2.56 bits per heavy atom. The average Bonchev–Trinajstić information content (AvgIpc) is 3.25. The first-order valence-corrected chi connectivity index (χ1v) is 11.7. The first-order valence-electron chi connectivity index (χ1n) is 11.3. The highest BCUT2D eigenvalue weighted by atomic mass is 32.1. The number of aromatic amines is 1. The van der Waals surface area contributed by atoms with Gasteiger partial charge in [0.05, 0.1) is 10.9 Å². The quantitative estimate of drug-likeness (QED) is 0.434. The van der Waals surface area contributed by atoms with E-state index in [4.69, 9.17) is 21.7 Å². The van der Waals surface area contributed by atoms with Crippen LogP contribution in [0, 0.1) is 4.77 Å². The normalized spacial score (nSPS) is 16.5. The van der Waals surface area contributed by atoms with E-state index in [0.29, 0.717) is 53.1 Å².